The van der Waals surface area contributed by atoms with Crippen molar-refractivity contribution in [1.29, 1.82) is 0 Å². The first-order valence-corrected chi connectivity index (χ1v) is 20.7. The number of aromatic nitrogens is 2. The van der Waals surface area contributed by atoms with E-state index in [0.29, 0.717) is 12.2 Å². The summed E-state index contributed by atoms with van der Waals surface area (Å²) in [5, 5.41) is 4.68. The number of hydrogen-bond donors (Lipinski definition) is 0. The first-order valence-electron chi connectivity index (χ1n) is 20.7. The number of rotatable bonds is 8. The molecule has 3 heterocycles. The van der Waals surface area contributed by atoms with Crippen molar-refractivity contribution in [2.75, 3.05) is 7.11 Å². The van der Waals surface area contributed by atoms with Gasteiger partial charge in [0, 0.05) is 38.5 Å². The summed E-state index contributed by atoms with van der Waals surface area (Å²) in [7, 11) is 1.74. The van der Waals surface area contributed by atoms with Crippen molar-refractivity contribution in [2.24, 2.45) is 0 Å². The molecular formula is C57H44N2O2. The van der Waals surface area contributed by atoms with Gasteiger partial charge in [0.1, 0.15) is 17.3 Å². The molecule has 1 aliphatic rings. The lowest BCUT2D eigenvalue weighted by Gasteiger charge is -2.14. The van der Waals surface area contributed by atoms with Crippen LogP contribution in [0.5, 0.6) is 5.75 Å². The highest BCUT2D eigenvalue weighted by Crippen LogP contribution is 2.45. The second kappa shape index (κ2) is 15.7. The topological polar surface area (TPSA) is 28.3 Å². The molecule has 0 unspecified atom stereocenters. The van der Waals surface area contributed by atoms with Crippen molar-refractivity contribution >= 4 is 49.3 Å². The van der Waals surface area contributed by atoms with E-state index < -0.39 is 0 Å². The predicted molar refractivity (Wildman–Crippen MR) is 257 cm³/mol. The summed E-state index contributed by atoms with van der Waals surface area (Å²) in [5.41, 5.74) is 14.3. The number of ether oxygens (including phenoxy) is 2. The quantitative estimate of drug-likeness (QED) is 0.153. The lowest BCUT2D eigenvalue weighted by Crippen LogP contribution is -1.97. The van der Waals surface area contributed by atoms with Crippen LogP contribution in [0.25, 0.3) is 88.4 Å². The zero-order valence-corrected chi connectivity index (χ0v) is 34.3. The maximum Gasteiger partial charge on any atom is 0.130 e. The molecule has 0 saturated heterocycles. The number of methoxy groups -OCH3 is 1. The highest BCUT2D eigenvalue weighted by molar-refractivity contribution is 6.27. The molecule has 0 N–H and O–H groups in total. The Bertz CT molecular complexity index is 3300. The zero-order chi connectivity index (χ0) is 41.5. The fourth-order valence-electron chi connectivity index (χ4n) is 8.90. The number of allylic oxidation sites excluding steroid dienone is 8. The average molecular weight is 789 g/mol. The molecule has 0 bridgehead atoms. The third kappa shape index (κ3) is 6.59. The van der Waals surface area contributed by atoms with E-state index in [1.54, 1.807) is 7.11 Å². The van der Waals surface area contributed by atoms with Crippen LogP contribution < -0.4 is 4.74 Å². The second-order valence-corrected chi connectivity index (χ2v) is 15.3. The van der Waals surface area contributed by atoms with Gasteiger partial charge in [-0.3, -0.25) is 0 Å². The van der Waals surface area contributed by atoms with E-state index >= 15 is 0 Å². The lowest BCUT2D eigenvalue weighted by atomic mass is 10.0. The molecule has 0 fully saturated rings. The first-order chi connectivity index (χ1) is 30.0. The Morgan fingerprint density at radius 3 is 1.87 bits per heavy atom. The molecule has 0 aliphatic carbocycles. The van der Waals surface area contributed by atoms with Gasteiger partial charge in [-0.2, -0.15) is 0 Å². The summed E-state index contributed by atoms with van der Waals surface area (Å²) in [6.07, 6.45) is 12.8. The Balaban J connectivity index is 1.34. The molecular weight excluding hydrogens is 745 g/mol. The minimum atomic E-state index is 0.554. The van der Waals surface area contributed by atoms with Gasteiger partial charge < -0.3 is 18.6 Å². The van der Waals surface area contributed by atoms with Crippen LogP contribution in [0.3, 0.4) is 0 Å². The Morgan fingerprint density at radius 2 is 1.23 bits per heavy atom. The Kier molecular flexibility index (Phi) is 9.66. The molecule has 1 aliphatic heterocycles. The maximum absolute atomic E-state index is 6.26. The van der Waals surface area contributed by atoms with Crippen LogP contribution in [0.4, 0.5) is 0 Å². The van der Waals surface area contributed by atoms with Gasteiger partial charge >= 0.3 is 0 Å². The molecule has 61 heavy (non-hydrogen) atoms. The van der Waals surface area contributed by atoms with Gasteiger partial charge in [0.05, 0.1) is 29.2 Å². The van der Waals surface area contributed by atoms with Crippen molar-refractivity contribution < 1.29 is 9.47 Å². The monoisotopic (exact) mass is 788 g/mol. The number of fused-ring (bicyclic) bond motifs is 7. The summed E-state index contributed by atoms with van der Waals surface area (Å²) in [5.74, 6) is 2.12. The van der Waals surface area contributed by atoms with E-state index in [1.165, 1.54) is 27.5 Å². The van der Waals surface area contributed by atoms with E-state index in [4.69, 9.17) is 9.47 Å². The molecule has 0 amide bonds. The molecule has 7 aromatic carbocycles. The fraction of sp³-hybridized carbons (Fsp3) is 0.0526. The summed E-state index contributed by atoms with van der Waals surface area (Å²) in [6, 6.07) is 56.7. The smallest absolute Gasteiger partial charge is 0.130 e. The van der Waals surface area contributed by atoms with E-state index in [1.807, 2.05) is 37.3 Å². The molecule has 10 rings (SSSR count). The molecule has 4 heteroatoms. The molecule has 4 nitrogen and oxygen atoms in total. The van der Waals surface area contributed by atoms with Crippen LogP contribution in [0.1, 0.15) is 13.3 Å². The standard InChI is InChI=1S/C57H44N2O2/c1-5-16-54-39(6-2)24-28-45(27-23-38(3)61-54)58-52-32-26-44(41-19-12-8-13-20-41)36-50(52)56-53(58)33-30-47-49-35-43(40-17-10-7-11-18-40)25-31-51(49)59(57(47)56)46-29-34-55(60-4)48(37-46)42-21-14-9-15-22-42/h5-23,25-37H,2-3,24H2,1,4H3/b16-5-,27-23-,45-28+,54-39-. The molecule has 2 aromatic heterocycles. The van der Waals surface area contributed by atoms with Gasteiger partial charge in [-0.05, 0) is 113 Å². The minimum Gasteiger partial charge on any atom is -0.496 e. The Hall–Kier alpha value is -7.82. The van der Waals surface area contributed by atoms with Crippen LogP contribution in [-0.2, 0) is 4.74 Å². The summed E-state index contributed by atoms with van der Waals surface area (Å²) in [4.78, 5) is 0. The zero-order valence-electron chi connectivity index (χ0n) is 34.3. The SMILES string of the molecule is C=C/C1=C(\C=C/C)OC(=C)/C=C\C(n2c3ccc(-c4ccccc4)cc3c3c2ccc2c4cc(-c5ccccc5)ccc4n(-c4ccc(OC)c(-c5ccccc5)c4)c23)=C/C1. The number of nitrogens with zero attached hydrogens (tertiary/aromatic N) is 2. The molecule has 0 spiro atoms. The molecule has 294 valence electrons. The van der Waals surface area contributed by atoms with E-state index in [9.17, 15) is 0 Å². The number of benzene rings is 7. The van der Waals surface area contributed by atoms with Gasteiger partial charge in [0.15, 0.2) is 0 Å². The molecule has 0 saturated carbocycles. The maximum atomic E-state index is 6.26. The normalized spacial score (nSPS) is 16.0. The van der Waals surface area contributed by atoms with E-state index in [0.717, 1.165) is 78.0 Å². The predicted octanol–water partition coefficient (Wildman–Crippen LogP) is 15.2. The van der Waals surface area contributed by atoms with Gasteiger partial charge in [0.2, 0.25) is 0 Å². The Morgan fingerprint density at radius 1 is 0.607 bits per heavy atom. The summed E-state index contributed by atoms with van der Waals surface area (Å²) in [6.45, 7) is 10.4. The lowest BCUT2D eigenvalue weighted by molar-refractivity contribution is 0.334. The van der Waals surface area contributed by atoms with Crippen LogP contribution in [0.2, 0.25) is 0 Å². The molecule has 9 aromatic rings. The van der Waals surface area contributed by atoms with Gasteiger partial charge in [-0.25, -0.2) is 0 Å². The number of hydrogen-bond acceptors (Lipinski definition) is 2. The summed E-state index contributed by atoms with van der Waals surface area (Å²) >= 11 is 0. The average Bonchev–Trinajstić information content (AvgIpc) is 3.84. The van der Waals surface area contributed by atoms with Crippen LogP contribution >= 0.6 is 0 Å². The highest BCUT2D eigenvalue weighted by Gasteiger charge is 2.23. The summed E-state index contributed by atoms with van der Waals surface area (Å²) < 4.78 is 17.1. The van der Waals surface area contributed by atoms with Crippen LogP contribution in [0.15, 0.2) is 224 Å². The fourth-order valence-corrected chi connectivity index (χ4v) is 8.90. The van der Waals surface area contributed by atoms with Gasteiger partial charge in [-0.1, -0.05) is 141 Å². The van der Waals surface area contributed by atoms with Gasteiger partial charge in [-0.15, -0.1) is 0 Å². The minimum absolute atomic E-state index is 0.554. The van der Waals surface area contributed by atoms with Crippen molar-refractivity contribution in [3.63, 3.8) is 0 Å². The van der Waals surface area contributed by atoms with E-state index in [-0.39, 0.29) is 0 Å². The third-order valence-electron chi connectivity index (χ3n) is 11.7. The molecule has 0 radical (unpaired) electrons. The second-order valence-electron chi connectivity index (χ2n) is 15.3. The van der Waals surface area contributed by atoms with Crippen molar-refractivity contribution in [1.82, 2.24) is 9.13 Å². The third-order valence-corrected chi connectivity index (χ3v) is 11.7. The molecule has 0 atom stereocenters. The van der Waals surface area contributed by atoms with Crippen molar-refractivity contribution in [3.05, 3.63) is 224 Å². The van der Waals surface area contributed by atoms with E-state index in [2.05, 4.69) is 186 Å². The first kappa shape index (κ1) is 37.5. The van der Waals surface area contributed by atoms with Gasteiger partial charge in [0.25, 0.3) is 0 Å². The van der Waals surface area contributed by atoms with Crippen LogP contribution in [-0.4, -0.2) is 16.2 Å². The largest absolute Gasteiger partial charge is 0.496 e. The highest BCUT2D eigenvalue weighted by atomic mass is 16.5. The Labute approximate surface area is 356 Å². The van der Waals surface area contributed by atoms with Crippen molar-refractivity contribution in [2.45, 2.75) is 13.3 Å². The van der Waals surface area contributed by atoms with Crippen molar-refractivity contribution in [3.8, 4) is 44.8 Å². The van der Waals surface area contributed by atoms with Crippen LogP contribution in [0, 0.1) is 0 Å².